The molecule has 0 spiro atoms. The number of halogens is 5. The van der Waals surface area contributed by atoms with Gasteiger partial charge in [-0.05, 0) is 25.1 Å². The summed E-state index contributed by atoms with van der Waals surface area (Å²) in [5.41, 5.74) is 1.20. The minimum Gasteiger partial charge on any atom is -0.468 e. The highest BCUT2D eigenvalue weighted by Gasteiger charge is 2.32. The van der Waals surface area contributed by atoms with E-state index >= 15 is 0 Å². The minimum absolute atomic E-state index is 0.140. The maximum Gasteiger partial charge on any atom is 0.422 e. The van der Waals surface area contributed by atoms with Crippen molar-refractivity contribution in [2.75, 3.05) is 6.61 Å². The van der Waals surface area contributed by atoms with Gasteiger partial charge in [0.15, 0.2) is 12.3 Å². The second-order valence-corrected chi connectivity index (χ2v) is 5.59. The number of alkyl halides is 5. The summed E-state index contributed by atoms with van der Waals surface area (Å²) in [5.74, 6) is -4.06. The summed E-state index contributed by atoms with van der Waals surface area (Å²) < 4.78 is 69.3. The number of aromatic nitrogens is 5. The summed E-state index contributed by atoms with van der Waals surface area (Å²) in [5, 5.41) is 11.2. The highest BCUT2D eigenvalue weighted by Crippen LogP contribution is 2.27. The molecule has 0 N–H and O–H groups in total. The van der Waals surface area contributed by atoms with Gasteiger partial charge in [0, 0.05) is 18.6 Å². The van der Waals surface area contributed by atoms with Crippen molar-refractivity contribution < 1.29 is 26.7 Å². The van der Waals surface area contributed by atoms with Gasteiger partial charge >= 0.3 is 12.1 Å². The largest absolute Gasteiger partial charge is 0.468 e. The molecule has 0 unspecified atom stereocenters. The number of hydrogen-bond donors (Lipinski definition) is 0. The second-order valence-electron chi connectivity index (χ2n) is 5.59. The fourth-order valence-electron chi connectivity index (χ4n) is 2.25. The molecule has 0 saturated heterocycles. The van der Waals surface area contributed by atoms with Crippen molar-refractivity contribution in [1.82, 2.24) is 24.8 Å². The molecule has 0 aliphatic heterocycles. The molecule has 0 aliphatic carbocycles. The first kappa shape index (κ1) is 18.0. The summed E-state index contributed by atoms with van der Waals surface area (Å²) in [4.78, 5) is 3.94. The van der Waals surface area contributed by atoms with Gasteiger partial charge in [-0.25, -0.2) is 4.98 Å². The van der Waals surface area contributed by atoms with Crippen molar-refractivity contribution in [2.45, 2.75) is 25.9 Å². The number of ether oxygens (including phenoxy) is 1. The third-order valence-electron chi connectivity index (χ3n) is 3.38. The first-order chi connectivity index (χ1) is 12.0. The molecule has 6 nitrogen and oxygen atoms in total. The van der Waals surface area contributed by atoms with E-state index in [1.54, 1.807) is 6.92 Å². The van der Waals surface area contributed by atoms with Crippen molar-refractivity contribution in [3.63, 3.8) is 0 Å². The predicted octanol–water partition coefficient (Wildman–Crippen LogP) is 3.55. The highest BCUT2D eigenvalue weighted by atomic mass is 19.4. The van der Waals surface area contributed by atoms with Crippen LogP contribution in [-0.2, 0) is 5.92 Å². The van der Waals surface area contributed by atoms with Crippen LogP contribution in [0.15, 0.2) is 24.3 Å². The summed E-state index contributed by atoms with van der Waals surface area (Å²) >= 11 is 0. The van der Waals surface area contributed by atoms with E-state index < -0.39 is 24.5 Å². The van der Waals surface area contributed by atoms with E-state index in [0.29, 0.717) is 18.2 Å². The first-order valence-electron chi connectivity index (χ1n) is 7.33. The molecule has 3 heterocycles. The molecule has 0 bridgehead atoms. The van der Waals surface area contributed by atoms with Crippen molar-refractivity contribution in [1.29, 1.82) is 0 Å². The van der Waals surface area contributed by atoms with E-state index in [-0.39, 0.29) is 17.2 Å². The minimum atomic E-state index is -4.48. The Morgan fingerprint density at radius 2 is 1.77 bits per heavy atom. The van der Waals surface area contributed by atoms with Crippen LogP contribution in [-0.4, -0.2) is 37.6 Å². The van der Waals surface area contributed by atoms with Gasteiger partial charge in [-0.1, -0.05) is 0 Å². The SMILES string of the molecule is Cc1nc(OCC(F)(F)F)ccc1-c1ccc2nnc(C(C)(F)F)n2n1. The van der Waals surface area contributed by atoms with Crippen molar-refractivity contribution in [3.8, 4) is 17.1 Å². The predicted molar refractivity (Wildman–Crippen MR) is 79.9 cm³/mol. The first-order valence-corrected chi connectivity index (χ1v) is 7.33. The van der Waals surface area contributed by atoms with Crippen LogP contribution in [0.1, 0.15) is 18.4 Å². The van der Waals surface area contributed by atoms with Crippen LogP contribution in [0.2, 0.25) is 0 Å². The maximum absolute atomic E-state index is 13.6. The van der Waals surface area contributed by atoms with E-state index in [0.717, 1.165) is 4.52 Å². The number of fused-ring (bicyclic) bond motifs is 1. The normalized spacial score (nSPS) is 12.6. The number of hydrogen-bond acceptors (Lipinski definition) is 5. The number of rotatable bonds is 4. The Morgan fingerprint density at radius 3 is 2.38 bits per heavy atom. The van der Waals surface area contributed by atoms with E-state index in [1.165, 1.54) is 24.3 Å². The number of nitrogens with zero attached hydrogens (tertiary/aromatic N) is 5. The van der Waals surface area contributed by atoms with Crippen LogP contribution in [0.4, 0.5) is 22.0 Å². The lowest BCUT2D eigenvalue weighted by Crippen LogP contribution is -2.19. The summed E-state index contributed by atoms with van der Waals surface area (Å²) in [6.07, 6.45) is -4.48. The van der Waals surface area contributed by atoms with Gasteiger partial charge in [0.1, 0.15) is 0 Å². The van der Waals surface area contributed by atoms with Gasteiger partial charge in [-0.2, -0.15) is 31.6 Å². The Hall–Kier alpha value is -2.85. The van der Waals surface area contributed by atoms with Crippen LogP contribution in [0.5, 0.6) is 5.88 Å². The van der Waals surface area contributed by atoms with Crippen LogP contribution in [0, 0.1) is 6.92 Å². The Morgan fingerprint density at radius 1 is 1.04 bits per heavy atom. The standard InChI is InChI=1S/C15H12F5N5O/c1-8-9(3-6-12(21-8)26-7-15(18,19)20)10-4-5-11-22-23-13(14(2,16)17)25(11)24-10/h3-6H,7H2,1-2H3. The third-order valence-corrected chi connectivity index (χ3v) is 3.38. The molecule has 0 radical (unpaired) electrons. The fourth-order valence-corrected chi connectivity index (χ4v) is 2.25. The van der Waals surface area contributed by atoms with E-state index in [4.69, 9.17) is 0 Å². The molecule has 138 valence electrons. The van der Waals surface area contributed by atoms with Gasteiger partial charge in [-0.15, -0.1) is 10.2 Å². The third kappa shape index (κ3) is 3.70. The molecule has 3 rings (SSSR count). The van der Waals surface area contributed by atoms with E-state index in [2.05, 4.69) is 25.0 Å². The number of aryl methyl sites for hydroxylation is 1. The molecule has 3 aromatic rings. The lowest BCUT2D eigenvalue weighted by molar-refractivity contribution is -0.154. The van der Waals surface area contributed by atoms with Crippen LogP contribution in [0.3, 0.4) is 0 Å². The van der Waals surface area contributed by atoms with Crippen LogP contribution < -0.4 is 4.74 Å². The van der Waals surface area contributed by atoms with Gasteiger partial charge in [0.05, 0.1) is 11.4 Å². The van der Waals surface area contributed by atoms with E-state index in [9.17, 15) is 22.0 Å². The topological polar surface area (TPSA) is 65.2 Å². The molecule has 0 aliphatic rings. The Bertz CT molecular complexity index is 948. The zero-order valence-electron chi connectivity index (χ0n) is 13.6. The fraction of sp³-hybridized carbons (Fsp3) is 0.333. The molecule has 0 atom stereocenters. The van der Waals surface area contributed by atoms with Crippen molar-refractivity contribution in [2.24, 2.45) is 0 Å². The molecular weight excluding hydrogens is 361 g/mol. The average Bonchev–Trinajstić information content (AvgIpc) is 2.95. The smallest absolute Gasteiger partial charge is 0.422 e. The molecule has 26 heavy (non-hydrogen) atoms. The van der Waals surface area contributed by atoms with E-state index in [1.807, 2.05) is 0 Å². The Labute approximate surface area is 143 Å². The van der Waals surface area contributed by atoms with Crippen molar-refractivity contribution >= 4 is 5.65 Å². The second kappa shape index (κ2) is 6.15. The molecule has 11 heteroatoms. The molecule has 0 aromatic carbocycles. The molecule has 0 amide bonds. The molecular formula is C15H12F5N5O. The zero-order chi connectivity index (χ0) is 19.1. The zero-order valence-corrected chi connectivity index (χ0v) is 13.6. The molecule has 3 aromatic heterocycles. The van der Waals surface area contributed by atoms with Gasteiger partial charge in [0.2, 0.25) is 11.7 Å². The van der Waals surface area contributed by atoms with Gasteiger partial charge in [0.25, 0.3) is 0 Å². The quantitative estimate of drug-likeness (QED) is 0.655. The lowest BCUT2D eigenvalue weighted by Gasteiger charge is -2.11. The van der Waals surface area contributed by atoms with Gasteiger partial charge < -0.3 is 4.74 Å². The Balaban J connectivity index is 1.96. The van der Waals surface area contributed by atoms with Crippen molar-refractivity contribution in [3.05, 3.63) is 35.8 Å². The number of pyridine rings is 1. The Kier molecular flexibility index (Phi) is 4.24. The van der Waals surface area contributed by atoms with Gasteiger partial charge in [-0.3, -0.25) is 0 Å². The summed E-state index contributed by atoms with van der Waals surface area (Å²) in [7, 11) is 0. The molecule has 0 saturated carbocycles. The summed E-state index contributed by atoms with van der Waals surface area (Å²) in [6.45, 7) is 0.763. The van der Waals surface area contributed by atoms with Crippen LogP contribution >= 0.6 is 0 Å². The summed E-state index contributed by atoms with van der Waals surface area (Å²) in [6, 6.07) is 5.69. The highest BCUT2D eigenvalue weighted by molar-refractivity contribution is 5.63. The maximum atomic E-state index is 13.6. The monoisotopic (exact) mass is 373 g/mol. The van der Waals surface area contributed by atoms with Crippen LogP contribution in [0.25, 0.3) is 16.9 Å². The molecule has 0 fully saturated rings. The lowest BCUT2D eigenvalue weighted by atomic mass is 10.1. The average molecular weight is 373 g/mol.